The van der Waals surface area contributed by atoms with Crippen LogP contribution in [0.3, 0.4) is 0 Å². The van der Waals surface area contributed by atoms with E-state index in [9.17, 15) is 9.59 Å². The van der Waals surface area contributed by atoms with Crippen LogP contribution in [-0.2, 0) is 14.3 Å². The van der Waals surface area contributed by atoms with Gasteiger partial charge in [-0.15, -0.1) is 0 Å². The zero-order valence-corrected chi connectivity index (χ0v) is 29.6. The molecule has 1 N–H and O–H groups in total. The number of carbonyl (C=O) groups excluding carboxylic acids is 1. The maximum Gasteiger partial charge on any atom is 0.306 e. The largest absolute Gasteiger partial charge is 0.481 e. The van der Waals surface area contributed by atoms with Crippen LogP contribution in [0, 0.1) is 0 Å². The van der Waals surface area contributed by atoms with Crippen molar-refractivity contribution in [1.29, 1.82) is 0 Å². The summed E-state index contributed by atoms with van der Waals surface area (Å²) in [7, 11) is 0. The second-order valence-corrected chi connectivity index (χ2v) is 12.0. The molecule has 0 fully saturated rings. The van der Waals surface area contributed by atoms with E-state index < -0.39 is 5.97 Å². The maximum atomic E-state index is 12.5. The number of hydrogen-bond donors (Lipinski definition) is 1. The van der Waals surface area contributed by atoms with Gasteiger partial charge in [-0.3, -0.25) is 9.59 Å². The van der Waals surface area contributed by atoms with Crippen molar-refractivity contribution < 1.29 is 19.4 Å². The summed E-state index contributed by atoms with van der Waals surface area (Å²) in [6.45, 7) is 4.38. The topological polar surface area (TPSA) is 63.6 Å². The molecule has 0 bridgehead atoms. The van der Waals surface area contributed by atoms with Gasteiger partial charge in [0.15, 0.2) is 0 Å². The molecule has 0 radical (unpaired) electrons. The maximum absolute atomic E-state index is 12.5. The van der Waals surface area contributed by atoms with Crippen molar-refractivity contribution in [2.75, 3.05) is 0 Å². The number of hydrogen-bond acceptors (Lipinski definition) is 3. The molecule has 46 heavy (non-hydrogen) atoms. The molecule has 0 heterocycles. The SMILES string of the molecule is CC/C=C\C/C=C\C/C=C\C/C=C\C(CCCCCC(=O)O)OC(=O)CCCCCCCC/C=C\C/C=C\C/C=C\CCCCC. The lowest BCUT2D eigenvalue weighted by Gasteiger charge is -2.14. The molecule has 0 amide bonds. The molecule has 1 unspecified atom stereocenters. The van der Waals surface area contributed by atoms with Crippen LogP contribution in [0.2, 0.25) is 0 Å². The number of carboxylic acids is 1. The van der Waals surface area contributed by atoms with E-state index in [2.05, 4.69) is 92.8 Å². The molecule has 0 aliphatic rings. The summed E-state index contributed by atoms with van der Waals surface area (Å²) in [4.78, 5) is 23.3. The summed E-state index contributed by atoms with van der Waals surface area (Å²) in [5, 5.41) is 8.86. The fourth-order valence-corrected chi connectivity index (χ4v) is 4.86. The minimum atomic E-state index is -0.755. The van der Waals surface area contributed by atoms with Crippen LogP contribution in [-0.4, -0.2) is 23.1 Å². The molecule has 0 aliphatic heterocycles. The highest BCUT2D eigenvalue weighted by Crippen LogP contribution is 2.14. The van der Waals surface area contributed by atoms with E-state index in [0.29, 0.717) is 12.8 Å². The highest BCUT2D eigenvalue weighted by Gasteiger charge is 2.11. The van der Waals surface area contributed by atoms with Crippen molar-refractivity contribution in [2.24, 2.45) is 0 Å². The number of aliphatic carboxylic acids is 1. The molecule has 0 aromatic carbocycles. The Balaban J connectivity index is 4.11. The van der Waals surface area contributed by atoms with Gasteiger partial charge >= 0.3 is 11.9 Å². The first-order valence-electron chi connectivity index (χ1n) is 18.6. The Labute approximate surface area is 283 Å². The Morgan fingerprint density at radius 2 is 0.978 bits per heavy atom. The minimum absolute atomic E-state index is 0.125. The molecule has 0 rings (SSSR count). The van der Waals surface area contributed by atoms with Gasteiger partial charge < -0.3 is 9.84 Å². The van der Waals surface area contributed by atoms with Crippen LogP contribution < -0.4 is 0 Å². The van der Waals surface area contributed by atoms with Gasteiger partial charge in [-0.25, -0.2) is 0 Å². The molecular formula is C42H68O4. The summed E-state index contributed by atoms with van der Waals surface area (Å²) in [5.41, 5.74) is 0. The van der Waals surface area contributed by atoms with Crippen LogP contribution in [0.15, 0.2) is 85.1 Å². The molecule has 4 heteroatoms. The minimum Gasteiger partial charge on any atom is -0.481 e. The average molecular weight is 637 g/mol. The first-order chi connectivity index (χ1) is 22.6. The zero-order chi connectivity index (χ0) is 33.6. The Kier molecular flexibility index (Phi) is 34.3. The number of carboxylic acid groups (broad SMARTS) is 1. The molecule has 0 aliphatic carbocycles. The third kappa shape index (κ3) is 35.6. The van der Waals surface area contributed by atoms with Gasteiger partial charge in [-0.1, -0.05) is 138 Å². The van der Waals surface area contributed by atoms with Gasteiger partial charge in [0.25, 0.3) is 0 Å². The van der Waals surface area contributed by atoms with E-state index in [0.717, 1.165) is 83.5 Å². The normalized spacial score (nSPS) is 13.3. The number of carbonyl (C=O) groups is 2. The molecule has 260 valence electrons. The van der Waals surface area contributed by atoms with E-state index in [1.807, 2.05) is 6.08 Å². The highest BCUT2D eigenvalue weighted by atomic mass is 16.5. The van der Waals surface area contributed by atoms with E-state index in [1.54, 1.807) is 0 Å². The fraction of sp³-hybridized carbons (Fsp3) is 0.619. The molecule has 0 saturated heterocycles. The first-order valence-corrected chi connectivity index (χ1v) is 18.6. The lowest BCUT2D eigenvalue weighted by atomic mass is 10.1. The number of unbranched alkanes of at least 4 members (excludes halogenated alkanes) is 11. The van der Waals surface area contributed by atoms with Crippen molar-refractivity contribution >= 4 is 11.9 Å². The molecule has 0 spiro atoms. The van der Waals surface area contributed by atoms with Gasteiger partial charge in [0, 0.05) is 12.8 Å². The Morgan fingerprint density at radius 3 is 1.54 bits per heavy atom. The molecule has 0 aromatic heterocycles. The summed E-state index contributed by atoms with van der Waals surface area (Å²) >= 11 is 0. The van der Waals surface area contributed by atoms with Crippen molar-refractivity contribution in [3.05, 3.63) is 85.1 Å². The van der Waals surface area contributed by atoms with Gasteiger partial charge in [0.05, 0.1) is 0 Å². The Morgan fingerprint density at radius 1 is 0.522 bits per heavy atom. The van der Waals surface area contributed by atoms with E-state index >= 15 is 0 Å². The second-order valence-electron chi connectivity index (χ2n) is 12.0. The molecule has 4 nitrogen and oxygen atoms in total. The Bertz CT molecular complexity index is 903. The summed E-state index contributed by atoms with van der Waals surface area (Å²) in [6.07, 6.45) is 53.2. The fourth-order valence-electron chi connectivity index (χ4n) is 4.86. The lowest BCUT2D eigenvalue weighted by Crippen LogP contribution is -2.16. The molecule has 1 atom stereocenters. The predicted octanol–water partition coefficient (Wildman–Crippen LogP) is 12.9. The van der Waals surface area contributed by atoms with E-state index in [1.165, 1.54) is 44.9 Å². The monoisotopic (exact) mass is 637 g/mol. The van der Waals surface area contributed by atoms with Crippen LogP contribution in [0.1, 0.15) is 162 Å². The third-order valence-corrected chi connectivity index (χ3v) is 7.59. The number of allylic oxidation sites excluding steroid dienone is 13. The first kappa shape index (κ1) is 43.1. The van der Waals surface area contributed by atoms with Crippen LogP contribution in [0.25, 0.3) is 0 Å². The molecule has 0 aromatic rings. The van der Waals surface area contributed by atoms with Crippen molar-refractivity contribution in [1.82, 2.24) is 0 Å². The number of ether oxygens (including phenoxy) is 1. The summed E-state index contributed by atoms with van der Waals surface area (Å²) in [6, 6.07) is 0. The van der Waals surface area contributed by atoms with Crippen LogP contribution in [0.4, 0.5) is 0 Å². The smallest absolute Gasteiger partial charge is 0.306 e. The predicted molar refractivity (Wildman–Crippen MR) is 199 cm³/mol. The van der Waals surface area contributed by atoms with E-state index in [4.69, 9.17) is 9.84 Å². The summed E-state index contributed by atoms with van der Waals surface area (Å²) in [5.74, 6) is -0.880. The highest BCUT2D eigenvalue weighted by molar-refractivity contribution is 5.69. The van der Waals surface area contributed by atoms with Crippen molar-refractivity contribution in [3.63, 3.8) is 0 Å². The standard InChI is InChI=1S/C42H68O4/c1-3-5-7-9-11-13-15-16-17-18-19-20-21-22-24-26-28-30-35-39-42(45)46-40(37-33-31-34-38-41(43)44)36-32-29-27-25-23-14-12-10-8-6-4-2/h6,8,11-14,16-17,19-20,25,27,32,36,40H,3-5,7,9-10,15,18,21-24,26,28-31,33-35,37-39H2,1-2H3,(H,43,44)/b8-6-,13-11-,14-12-,17-16-,20-19-,27-25-,36-32-. The van der Waals surface area contributed by atoms with Crippen LogP contribution >= 0.6 is 0 Å². The summed E-state index contributed by atoms with van der Waals surface area (Å²) < 4.78 is 5.81. The zero-order valence-electron chi connectivity index (χ0n) is 29.6. The second kappa shape index (κ2) is 36.6. The average Bonchev–Trinajstić information content (AvgIpc) is 3.04. The van der Waals surface area contributed by atoms with Crippen LogP contribution in [0.5, 0.6) is 0 Å². The van der Waals surface area contributed by atoms with E-state index in [-0.39, 0.29) is 18.5 Å². The number of esters is 1. The van der Waals surface area contributed by atoms with Gasteiger partial charge in [0.2, 0.25) is 0 Å². The van der Waals surface area contributed by atoms with Gasteiger partial charge in [-0.2, -0.15) is 0 Å². The van der Waals surface area contributed by atoms with Crippen molar-refractivity contribution in [2.45, 2.75) is 168 Å². The Hall–Kier alpha value is -2.88. The molecule has 0 saturated carbocycles. The molecular weight excluding hydrogens is 568 g/mol. The van der Waals surface area contributed by atoms with Crippen molar-refractivity contribution in [3.8, 4) is 0 Å². The van der Waals surface area contributed by atoms with Gasteiger partial charge in [0.1, 0.15) is 6.10 Å². The third-order valence-electron chi connectivity index (χ3n) is 7.59. The number of rotatable bonds is 32. The lowest BCUT2D eigenvalue weighted by molar-refractivity contribution is -0.147. The van der Waals surface area contributed by atoms with Gasteiger partial charge in [-0.05, 0) is 96.0 Å². The quantitative estimate of drug-likeness (QED) is 0.0453.